The second-order valence-corrected chi connectivity index (χ2v) is 8.44. The van der Waals surface area contributed by atoms with E-state index in [1.54, 1.807) is 48.5 Å². The van der Waals surface area contributed by atoms with Crippen molar-refractivity contribution in [2.24, 2.45) is 0 Å². The summed E-state index contributed by atoms with van der Waals surface area (Å²) in [6.45, 7) is 0. The second-order valence-electron chi connectivity index (χ2n) is 7.39. The minimum Gasteiger partial charge on any atom is -0.325 e. The summed E-state index contributed by atoms with van der Waals surface area (Å²) in [7, 11) is 0. The van der Waals surface area contributed by atoms with E-state index in [1.807, 2.05) is 30.3 Å². The van der Waals surface area contributed by atoms with Gasteiger partial charge in [0.1, 0.15) is 0 Å². The monoisotopic (exact) mass is 438 g/mol. The quantitative estimate of drug-likeness (QED) is 0.336. The van der Waals surface area contributed by atoms with Gasteiger partial charge in [-0.15, -0.1) is 11.8 Å². The Bertz CT molecular complexity index is 1350. The Morgan fingerprint density at radius 2 is 1.44 bits per heavy atom. The van der Waals surface area contributed by atoms with Gasteiger partial charge in [-0.1, -0.05) is 48.5 Å². The second kappa shape index (κ2) is 8.32. The molecule has 0 saturated heterocycles. The number of rotatable bonds is 5. The van der Waals surface area contributed by atoms with Gasteiger partial charge in [0.2, 0.25) is 5.91 Å². The Labute approximate surface area is 189 Å². The van der Waals surface area contributed by atoms with E-state index in [4.69, 9.17) is 0 Å². The van der Waals surface area contributed by atoms with E-state index < -0.39 is 0 Å². The molecule has 1 aliphatic rings. The standard InChI is InChI=1S/C26H18N2O3S/c29-24(16-32-21-13-12-17-6-1-2-7-18(17)14-21)27-19-8-5-9-20(15-19)28-25(30)22-10-3-4-11-23(22)26(28)31/h1-15H,16H2,(H,27,29). The number of carbonyl (C=O) groups is 3. The average molecular weight is 439 g/mol. The molecule has 0 spiro atoms. The molecule has 0 radical (unpaired) electrons. The molecule has 0 aliphatic carbocycles. The van der Waals surface area contributed by atoms with Crippen LogP contribution in [0.1, 0.15) is 20.7 Å². The fourth-order valence-corrected chi connectivity index (χ4v) is 4.49. The highest BCUT2D eigenvalue weighted by atomic mass is 32.2. The summed E-state index contributed by atoms with van der Waals surface area (Å²) >= 11 is 1.45. The van der Waals surface area contributed by atoms with Gasteiger partial charge in [-0.25, -0.2) is 4.90 Å². The summed E-state index contributed by atoms with van der Waals surface area (Å²) in [5.41, 5.74) is 1.73. The van der Waals surface area contributed by atoms with E-state index >= 15 is 0 Å². The van der Waals surface area contributed by atoms with Gasteiger partial charge in [0.15, 0.2) is 0 Å². The fraction of sp³-hybridized carbons (Fsp3) is 0.0385. The SMILES string of the molecule is O=C(CSc1ccc2ccccc2c1)Nc1cccc(N2C(=O)c3ccccc3C2=O)c1. The molecule has 4 aromatic rings. The maximum absolute atomic E-state index is 12.7. The lowest BCUT2D eigenvalue weighted by atomic mass is 10.1. The zero-order chi connectivity index (χ0) is 22.1. The predicted octanol–water partition coefficient (Wildman–Crippen LogP) is 5.37. The number of carbonyl (C=O) groups excluding carboxylic acids is 3. The van der Waals surface area contributed by atoms with Crippen molar-refractivity contribution in [3.05, 3.63) is 102 Å². The Morgan fingerprint density at radius 3 is 2.19 bits per heavy atom. The Balaban J connectivity index is 1.27. The van der Waals surface area contributed by atoms with E-state index in [9.17, 15) is 14.4 Å². The van der Waals surface area contributed by atoms with Crippen molar-refractivity contribution in [1.29, 1.82) is 0 Å². The van der Waals surface area contributed by atoms with Gasteiger partial charge >= 0.3 is 0 Å². The Kier molecular flexibility index (Phi) is 5.21. The number of fused-ring (bicyclic) bond motifs is 2. The molecular formula is C26H18N2O3S. The molecule has 156 valence electrons. The first-order valence-corrected chi connectivity index (χ1v) is 11.1. The molecule has 0 aromatic heterocycles. The van der Waals surface area contributed by atoms with Crippen LogP contribution in [0, 0.1) is 0 Å². The molecule has 3 amide bonds. The number of nitrogens with zero attached hydrogens (tertiary/aromatic N) is 1. The molecule has 32 heavy (non-hydrogen) atoms. The van der Waals surface area contributed by atoms with Gasteiger partial charge in [0.25, 0.3) is 11.8 Å². The van der Waals surface area contributed by atoms with Crippen LogP contribution in [0.5, 0.6) is 0 Å². The maximum atomic E-state index is 12.7. The third kappa shape index (κ3) is 3.76. The number of benzene rings is 4. The van der Waals surface area contributed by atoms with Crippen LogP contribution in [0.3, 0.4) is 0 Å². The minimum absolute atomic E-state index is 0.164. The molecule has 0 atom stereocenters. The van der Waals surface area contributed by atoms with Gasteiger partial charge in [-0.05, 0) is 53.2 Å². The van der Waals surface area contributed by atoms with Crippen molar-refractivity contribution in [2.45, 2.75) is 4.90 Å². The van der Waals surface area contributed by atoms with Crippen LogP contribution in [0.2, 0.25) is 0 Å². The first kappa shape index (κ1) is 20.0. The lowest BCUT2D eigenvalue weighted by Gasteiger charge is -2.15. The van der Waals surface area contributed by atoms with Crippen molar-refractivity contribution in [3.63, 3.8) is 0 Å². The summed E-state index contributed by atoms with van der Waals surface area (Å²) < 4.78 is 0. The summed E-state index contributed by atoms with van der Waals surface area (Å²) in [4.78, 5) is 40.1. The largest absolute Gasteiger partial charge is 0.325 e. The molecule has 0 bridgehead atoms. The molecule has 4 aromatic carbocycles. The summed E-state index contributed by atoms with van der Waals surface area (Å²) in [5.74, 6) is -0.639. The van der Waals surface area contributed by atoms with Gasteiger partial charge in [0.05, 0.1) is 22.6 Å². The molecule has 0 saturated carbocycles. The fourth-order valence-electron chi connectivity index (χ4n) is 3.75. The van der Waals surface area contributed by atoms with Gasteiger partial charge in [-0.2, -0.15) is 0 Å². The molecule has 6 heteroatoms. The van der Waals surface area contributed by atoms with Crippen molar-refractivity contribution in [1.82, 2.24) is 0 Å². The van der Waals surface area contributed by atoms with E-state index in [-0.39, 0.29) is 23.5 Å². The van der Waals surface area contributed by atoms with E-state index in [2.05, 4.69) is 17.4 Å². The van der Waals surface area contributed by atoms with Crippen molar-refractivity contribution >= 4 is 51.6 Å². The summed E-state index contributed by atoms with van der Waals surface area (Å²) in [6, 6.07) is 27.7. The van der Waals surface area contributed by atoms with Crippen molar-refractivity contribution in [3.8, 4) is 0 Å². The van der Waals surface area contributed by atoms with E-state index in [1.165, 1.54) is 11.8 Å². The molecule has 1 aliphatic heterocycles. The lowest BCUT2D eigenvalue weighted by molar-refractivity contribution is -0.113. The normalized spacial score (nSPS) is 12.8. The first-order chi connectivity index (χ1) is 15.6. The number of amides is 3. The third-order valence-electron chi connectivity index (χ3n) is 5.27. The number of anilines is 2. The van der Waals surface area contributed by atoms with Crippen LogP contribution in [0.25, 0.3) is 10.8 Å². The zero-order valence-electron chi connectivity index (χ0n) is 16.9. The topological polar surface area (TPSA) is 66.5 Å². The van der Waals surface area contributed by atoms with Crippen LogP contribution in [0.15, 0.2) is 95.9 Å². The van der Waals surface area contributed by atoms with Crippen LogP contribution >= 0.6 is 11.8 Å². The number of hydrogen-bond acceptors (Lipinski definition) is 4. The maximum Gasteiger partial charge on any atom is 0.266 e. The Hall–Kier alpha value is -3.90. The minimum atomic E-state index is -0.360. The lowest BCUT2D eigenvalue weighted by Crippen LogP contribution is -2.29. The number of nitrogens with one attached hydrogen (secondary N) is 1. The summed E-state index contributed by atoms with van der Waals surface area (Å²) in [6.07, 6.45) is 0. The molecule has 1 N–H and O–H groups in total. The zero-order valence-corrected chi connectivity index (χ0v) is 17.8. The molecule has 0 unspecified atom stereocenters. The highest BCUT2D eigenvalue weighted by Gasteiger charge is 2.36. The highest BCUT2D eigenvalue weighted by Crippen LogP contribution is 2.30. The van der Waals surface area contributed by atoms with Crippen LogP contribution in [0.4, 0.5) is 11.4 Å². The average Bonchev–Trinajstić information content (AvgIpc) is 3.08. The van der Waals surface area contributed by atoms with Gasteiger partial charge in [-0.3, -0.25) is 14.4 Å². The van der Waals surface area contributed by atoms with Crippen LogP contribution in [-0.2, 0) is 4.79 Å². The predicted molar refractivity (Wildman–Crippen MR) is 127 cm³/mol. The smallest absolute Gasteiger partial charge is 0.266 e. The number of thioether (sulfide) groups is 1. The number of imide groups is 1. The van der Waals surface area contributed by atoms with Gasteiger partial charge < -0.3 is 5.32 Å². The third-order valence-corrected chi connectivity index (χ3v) is 6.27. The summed E-state index contributed by atoms with van der Waals surface area (Å²) in [5, 5.41) is 5.14. The van der Waals surface area contributed by atoms with Crippen molar-refractivity contribution < 1.29 is 14.4 Å². The number of hydrogen-bond donors (Lipinski definition) is 1. The van der Waals surface area contributed by atoms with Crippen LogP contribution < -0.4 is 10.2 Å². The molecule has 5 nitrogen and oxygen atoms in total. The van der Waals surface area contributed by atoms with E-state index in [0.29, 0.717) is 22.5 Å². The molecule has 5 rings (SSSR count). The highest BCUT2D eigenvalue weighted by molar-refractivity contribution is 8.00. The molecule has 1 heterocycles. The Morgan fingerprint density at radius 1 is 0.750 bits per heavy atom. The van der Waals surface area contributed by atoms with Crippen LogP contribution in [-0.4, -0.2) is 23.5 Å². The van der Waals surface area contributed by atoms with Crippen molar-refractivity contribution in [2.75, 3.05) is 16.0 Å². The molecule has 0 fully saturated rings. The molecular weight excluding hydrogens is 420 g/mol. The van der Waals surface area contributed by atoms with E-state index in [0.717, 1.165) is 20.6 Å². The first-order valence-electron chi connectivity index (χ1n) is 10.1. The van der Waals surface area contributed by atoms with Gasteiger partial charge in [0, 0.05) is 10.6 Å².